The first-order valence-corrected chi connectivity index (χ1v) is 4.25. The summed E-state index contributed by atoms with van der Waals surface area (Å²) in [6.07, 6.45) is 3.38. The SMILES string of the molecule is O=[N+]([O-])c1cccn2cc(Br)nc12. The molecular weight excluding hydrogens is 238 g/mol. The molecule has 0 aliphatic heterocycles. The molecule has 0 radical (unpaired) electrons. The summed E-state index contributed by atoms with van der Waals surface area (Å²) in [6.45, 7) is 0. The predicted molar refractivity (Wildman–Crippen MR) is 49.5 cm³/mol. The topological polar surface area (TPSA) is 60.4 Å². The summed E-state index contributed by atoms with van der Waals surface area (Å²) in [5.41, 5.74) is 0.354. The molecule has 0 saturated heterocycles. The molecule has 0 spiro atoms. The Morgan fingerprint density at radius 3 is 3.08 bits per heavy atom. The van der Waals surface area contributed by atoms with Crippen molar-refractivity contribution in [2.45, 2.75) is 0 Å². The van der Waals surface area contributed by atoms with Crippen molar-refractivity contribution in [3.05, 3.63) is 39.2 Å². The lowest BCUT2D eigenvalue weighted by molar-refractivity contribution is -0.383. The summed E-state index contributed by atoms with van der Waals surface area (Å²) in [6, 6.07) is 3.04. The van der Waals surface area contributed by atoms with E-state index in [0.717, 1.165) is 0 Å². The lowest BCUT2D eigenvalue weighted by atomic mass is 10.4. The number of nitrogens with zero attached hydrogens (tertiary/aromatic N) is 3. The van der Waals surface area contributed by atoms with Gasteiger partial charge in [0.2, 0.25) is 5.65 Å². The molecule has 0 saturated carbocycles. The quantitative estimate of drug-likeness (QED) is 0.567. The molecule has 0 N–H and O–H groups in total. The van der Waals surface area contributed by atoms with Crippen LogP contribution in [0.3, 0.4) is 0 Å². The molecule has 0 bridgehead atoms. The van der Waals surface area contributed by atoms with E-state index < -0.39 is 4.92 Å². The molecule has 0 atom stereocenters. The minimum atomic E-state index is -0.450. The maximum Gasteiger partial charge on any atom is 0.312 e. The lowest BCUT2D eigenvalue weighted by Crippen LogP contribution is -1.92. The van der Waals surface area contributed by atoms with Crippen LogP contribution in [0.15, 0.2) is 29.1 Å². The van der Waals surface area contributed by atoms with Crippen LogP contribution in [0, 0.1) is 10.1 Å². The second-order valence-electron chi connectivity index (χ2n) is 2.45. The smallest absolute Gasteiger partial charge is 0.300 e. The summed E-state index contributed by atoms with van der Waals surface area (Å²) < 4.78 is 2.18. The van der Waals surface area contributed by atoms with Gasteiger partial charge >= 0.3 is 5.69 Å². The highest BCUT2D eigenvalue weighted by molar-refractivity contribution is 9.10. The van der Waals surface area contributed by atoms with Gasteiger partial charge in [-0.3, -0.25) is 10.1 Å². The predicted octanol–water partition coefficient (Wildman–Crippen LogP) is 2.00. The van der Waals surface area contributed by atoms with Crippen LogP contribution in [-0.4, -0.2) is 14.3 Å². The molecule has 6 heteroatoms. The van der Waals surface area contributed by atoms with E-state index in [0.29, 0.717) is 10.3 Å². The van der Waals surface area contributed by atoms with Crippen molar-refractivity contribution in [2.75, 3.05) is 0 Å². The first kappa shape index (κ1) is 8.18. The number of imidazole rings is 1. The van der Waals surface area contributed by atoms with Gasteiger partial charge in [-0.25, -0.2) is 4.98 Å². The van der Waals surface area contributed by atoms with E-state index in [1.807, 2.05) is 0 Å². The summed E-state index contributed by atoms with van der Waals surface area (Å²) >= 11 is 3.15. The Labute approximate surface area is 81.3 Å². The van der Waals surface area contributed by atoms with E-state index in [4.69, 9.17) is 0 Å². The van der Waals surface area contributed by atoms with Crippen LogP contribution >= 0.6 is 15.9 Å². The molecule has 2 rings (SSSR count). The second-order valence-corrected chi connectivity index (χ2v) is 3.26. The van der Waals surface area contributed by atoms with Gasteiger partial charge in [-0.2, -0.15) is 0 Å². The summed E-state index contributed by atoms with van der Waals surface area (Å²) in [7, 11) is 0. The largest absolute Gasteiger partial charge is 0.312 e. The van der Waals surface area contributed by atoms with Crippen molar-refractivity contribution in [1.29, 1.82) is 0 Å². The van der Waals surface area contributed by atoms with Gasteiger partial charge in [-0.1, -0.05) is 0 Å². The number of aromatic nitrogens is 2. The molecule has 2 heterocycles. The third-order valence-electron chi connectivity index (χ3n) is 1.63. The van der Waals surface area contributed by atoms with Crippen LogP contribution in [0.2, 0.25) is 0 Å². The molecule has 5 nitrogen and oxygen atoms in total. The van der Waals surface area contributed by atoms with Crippen molar-refractivity contribution in [3.8, 4) is 0 Å². The molecule has 0 unspecified atom stereocenters. The van der Waals surface area contributed by atoms with Crippen molar-refractivity contribution in [1.82, 2.24) is 9.38 Å². The Kier molecular flexibility index (Phi) is 1.77. The summed E-state index contributed by atoms with van der Waals surface area (Å²) in [4.78, 5) is 14.1. The molecule has 0 fully saturated rings. The zero-order valence-electron chi connectivity index (χ0n) is 6.35. The zero-order chi connectivity index (χ0) is 9.42. The molecule has 0 aromatic carbocycles. The van der Waals surface area contributed by atoms with Crippen LogP contribution in [-0.2, 0) is 0 Å². The summed E-state index contributed by atoms with van der Waals surface area (Å²) in [5.74, 6) is 0. The maximum atomic E-state index is 10.6. The van der Waals surface area contributed by atoms with Crippen molar-refractivity contribution >= 4 is 27.3 Å². The van der Waals surface area contributed by atoms with Crippen LogP contribution < -0.4 is 0 Å². The number of hydrogen-bond acceptors (Lipinski definition) is 3. The van der Waals surface area contributed by atoms with Gasteiger partial charge in [0.15, 0.2) is 0 Å². The van der Waals surface area contributed by atoms with E-state index in [-0.39, 0.29) is 5.69 Å². The Morgan fingerprint density at radius 2 is 2.38 bits per heavy atom. The second kappa shape index (κ2) is 2.81. The van der Waals surface area contributed by atoms with Crippen molar-refractivity contribution in [3.63, 3.8) is 0 Å². The highest BCUT2D eigenvalue weighted by atomic mass is 79.9. The fraction of sp³-hybridized carbons (Fsp3) is 0. The lowest BCUT2D eigenvalue weighted by Gasteiger charge is -1.92. The highest BCUT2D eigenvalue weighted by Crippen LogP contribution is 2.20. The molecule has 2 aromatic heterocycles. The monoisotopic (exact) mass is 241 g/mol. The molecular formula is C7H4BrN3O2. The van der Waals surface area contributed by atoms with Crippen LogP contribution in [0.1, 0.15) is 0 Å². The fourth-order valence-corrected chi connectivity index (χ4v) is 1.50. The first-order valence-electron chi connectivity index (χ1n) is 3.46. The molecule has 66 valence electrons. The van der Waals surface area contributed by atoms with Crippen LogP contribution in [0.25, 0.3) is 5.65 Å². The maximum absolute atomic E-state index is 10.6. The van der Waals surface area contributed by atoms with Gasteiger partial charge in [0.25, 0.3) is 0 Å². The number of halogens is 1. The normalized spacial score (nSPS) is 10.5. The van der Waals surface area contributed by atoms with Crippen molar-refractivity contribution in [2.24, 2.45) is 0 Å². The molecule has 0 amide bonds. The molecule has 2 aromatic rings. The number of pyridine rings is 1. The highest BCUT2D eigenvalue weighted by Gasteiger charge is 2.13. The molecule has 0 aliphatic rings. The number of nitro groups is 1. The van der Waals surface area contributed by atoms with E-state index in [2.05, 4.69) is 20.9 Å². The number of rotatable bonds is 1. The third-order valence-corrected chi connectivity index (χ3v) is 2.01. The van der Waals surface area contributed by atoms with E-state index in [1.54, 1.807) is 22.9 Å². The average Bonchev–Trinajstić information content (AvgIpc) is 2.43. The van der Waals surface area contributed by atoms with E-state index in [1.165, 1.54) is 6.07 Å². The number of fused-ring (bicyclic) bond motifs is 1. The van der Waals surface area contributed by atoms with Gasteiger partial charge in [0, 0.05) is 18.5 Å². The van der Waals surface area contributed by atoms with Crippen molar-refractivity contribution < 1.29 is 4.92 Å². The summed E-state index contributed by atoms with van der Waals surface area (Å²) in [5, 5.41) is 10.6. The zero-order valence-corrected chi connectivity index (χ0v) is 7.93. The standard InChI is InChI=1S/C7H4BrN3O2/c8-6-4-10-3-1-2-5(11(12)13)7(10)9-6/h1-4H. The molecule has 13 heavy (non-hydrogen) atoms. The fourth-order valence-electron chi connectivity index (χ4n) is 1.11. The van der Waals surface area contributed by atoms with Crippen LogP contribution in [0.5, 0.6) is 0 Å². The van der Waals surface area contributed by atoms with Gasteiger partial charge < -0.3 is 4.40 Å². The third kappa shape index (κ3) is 1.29. The van der Waals surface area contributed by atoms with Gasteiger partial charge in [-0.15, -0.1) is 0 Å². The Hall–Kier alpha value is -1.43. The van der Waals surface area contributed by atoms with E-state index in [9.17, 15) is 10.1 Å². The Balaban J connectivity index is 2.82. The van der Waals surface area contributed by atoms with Gasteiger partial charge in [0.1, 0.15) is 4.60 Å². The Morgan fingerprint density at radius 1 is 1.62 bits per heavy atom. The minimum absolute atomic E-state index is 0.00759. The number of hydrogen-bond donors (Lipinski definition) is 0. The minimum Gasteiger partial charge on any atom is -0.300 e. The first-order chi connectivity index (χ1) is 6.18. The van der Waals surface area contributed by atoms with Crippen LogP contribution in [0.4, 0.5) is 5.69 Å². The van der Waals surface area contributed by atoms with Gasteiger partial charge in [-0.05, 0) is 22.0 Å². The Bertz CT molecular complexity index is 480. The average molecular weight is 242 g/mol. The van der Waals surface area contributed by atoms with Gasteiger partial charge in [0.05, 0.1) is 4.92 Å². The van der Waals surface area contributed by atoms with E-state index >= 15 is 0 Å². The molecule has 0 aliphatic carbocycles.